The number of nitrogens with two attached hydrogens (primary N) is 1. The molecule has 0 saturated carbocycles. The van der Waals surface area contributed by atoms with Gasteiger partial charge in [0.05, 0.1) is 0 Å². The number of anilines is 1. The first-order valence-electron chi connectivity index (χ1n) is 6.36. The van der Waals surface area contributed by atoms with Gasteiger partial charge in [-0.25, -0.2) is 4.79 Å². The zero-order valence-electron chi connectivity index (χ0n) is 11.3. The highest BCUT2D eigenvalue weighted by molar-refractivity contribution is 5.97. The van der Waals surface area contributed by atoms with E-state index in [-0.39, 0.29) is 11.9 Å². The van der Waals surface area contributed by atoms with E-state index in [1.165, 1.54) is 0 Å². The van der Waals surface area contributed by atoms with Crippen LogP contribution in [0, 0.1) is 0 Å². The van der Waals surface area contributed by atoms with Crippen LogP contribution in [0.15, 0.2) is 59.8 Å². The molecule has 0 radical (unpaired) electrons. The van der Waals surface area contributed by atoms with Gasteiger partial charge in [0.25, 0.3) is 0 Å². The molecule has 0 fully saturated rings. The van der Waals surface area contributed by atoms with Crippen LogP contribution >= 0.6 is 0 Å². The maximum Gasteiger partial charge on any atom is 0.319 e. The largest absolute Gasteiger partial charge is 0.409 e. The van der Waals surface area contributed by atoms with Crippen molar-refractivity contribution in [2.45, 2.75) is 6.54 Å². The molecule has 0 heterocycles. The second kappa shape index (κ2) is 6.95. The molecular weight excluding hydrogens is 268 g/mol. The van der Waals surface area contributed by atoms with E-state index in [9.17, 15) is 4.79 Å². The van der Waals surface area contributed by atoms with Gasteiger partial charge in [0.2, 0.25) is 0 Å². The molecule has 6 heteroatoms. The van der Waals surface area contributed by atoms with E-state index in [0.717, 1.165) is 11.3 Å². The molecule has 0 saturated heterocycles. The van der Waals surface area contributed by atoms with Crippen molar-refractivity contribution in [1.82, 2.24) is 5.32 Å². The number of amides is 2. The number of nitrogens with one attached hydrogen (secondary N) is 2. The number of oxime groups is 1. The standard InChI is InChI=1S/C15H16N4O2/c16-14(19-21)12-6-4-5-11(9-12)10-17-15(20)18-13-7-2-1-3-8-13/h1-9,21H,10H2,(H2,16,19)(H2,17,18,20). The highest BCUT2D eigenvalue weighted by Crippen LogP contribution is 2.06. The monoisotopic (exact) mass is 284 g/mol. The molecular formula is C15H16N4O2. The number of urea groups is 1. The Bertz CT molecular complexity index is 641. The SMILES string of the molecule is NC(=NO)c1cccc(CNC(=O)Nc2ccccc2)c1. The van der Waals surface area contributed by atoms with Crippen LogP contribution in [0.2, 0.25) is 0 Å². The fourth-order valence-electron chi connectivity index (χ4n) is 1.78. The summed E-state index contributed by atoms with van der Waals surface area (Å²) in [5.74, 6) is 0.0330. The normalized spacial score (nSPS) is 11.0. The summed E-state index contributed by atoms with van der Waals surface area (Å²) in [5.41, 5.74) is 7.69. The second-order valence-corrected chi connectivity index (χ2v) is 4.36. The Hall–Kier alpha value is -3.02. The lowest BCUT2D eigenvalue weighted by Crippen LogP contribution is -2.28. The average Bonchev–Trinajstić information content (AvgIpc) is 2.53. The third kappa shape index (κ3) is 4.24. The van der Waals surface area contributed by atoms with Crippen molar-refractivity contribution >= 4 is 17.6 Å². The van der Waals surface area contributed by atoms with Crippen LogP contribution in [-0.2, 0) is 6.54 Å². The van der Waals surface area contributed by atoms with Crippen LogP contribution in [0.5, 0.6) is 0 Å². The van der Waals surface area contributed by atoms with Gasteiger partial charge in [0, 0.05) is 17.8 Å². The van der Waals surface area contributed by atoms with E-state index in [1.54, 1.807) is 30.3 Å². The van der Waals surface area contributed by atoms with Crippen molar-refractivity contribution in [2.24, 2.45) is 10.9 Å². The van der Waals surface area contributed by atoms with Gasteiger partial charge in [0.15, 0.2) is 5.84 Å². The minimum Gasteiger partial charge on any atom is -0.409 e. The van der Waals surface area contributed by atoms with Crippen molar-refractivity contribution < 1.29 is 10.0 Å². The molecule has 2 aromatic carbocycles. The first-order chi connectivity index (χ1) is 10.2. The minimum atomic E-state index is -0.296. The Balaban J connectivity index is 1.92. The predicted octanol–water partition coefficient (Wildman–Crippen LogP) is 2.10. The molecule has 6 nitrogen and oxygen atoms in total. The highest BCUT2D eigenvalue weighted by Gasteiger charge is 2.03. The molecule has 108 valence electrons. The lowest BCUT2D eigenvalue weighted by molar-refractivity contribution is 0.251. The van der Waals surface area contributed by atoms with Crippen LogP contribution in [0.4, 0.5) is 10.5 Å². The van der Waals surface area contributed by atoms with Crippen LogP contribution in [-0.4, -0.2) is 17.1 Å². The quantitative estimate of drug-likeness (QED) is 0.299. The molecule has 0 aliphatic rings. The van der Waals surface area contributed by atoms with Crippen LogP contribution < -0.4 is 16.4 Å². The van der Waals surface area contributed by atoms with Crippen LogP contribution in [0.3, 0.4) is 0 Å². The van der Waals surface area contributed by atoms with Crippen LogP contribution in [0.1, 0.15) is 11.1 Å². The summed E-state index contributed by atoms with van der Waals surface area (Å²) >= 11 is 0. The molecule has 0 aliphatic carbocycles. The third-order valence-corrected chi connectivity index (χ3v) is 2.82. The van der Waals surface area contributed by atoms with Gasteiger partial charge < -0.3 is 21.6 Å². The minimum absolute atomic E-state index is 0.0330. The Morgan fingerprint density at radius 1 is 1.14 bits per heavy atom. The number of amidine groups is 1. The van der Waals surface area contributed by atoms with Crippen LogP contribution in [0.25, 0.3) is 0 Å². The number of carbonyl (C=O) groups excluding carboxylic acids is 1. The molecule has 0 aliphatic heterocycles. The summed E-state index contributed by atoms with van der Waals surface area (Å²) in [6.45, 7) is 0.339. The maximum absolute atomic E-state index is 11.8. The first-order valence-corrected chi connectivity index (χ1v) is 6.36. The summed E-state index contributed by atoms with van der Waals surface area (Å²) in [6.07, 6.45) is 0. The number of para-hydroxylation sites is 1. The Morgan fingerprint density at radius 2 is 1.90 bits per heavy atom. The maximum atomic E-state index is 11.8. The number of benzene rings is 2. The van der Waals surface area contributed by atoms with Crippen molar-refractivity contribution in [2.75, 3.05) is 5.32 Å². The van der Waals surface area contributed by atoms with Gasteiger partial charge in [0.1, 0.15) is 0 Å². The second-order valence-electron chi connectivity index (χ2n) is 4.36. The lowest BCUT2D eigenvalue weighted by atomic mass is 10.1. The molecule has 21 heavy (non-hydrogen) atoms. The Kier molecular flexibility index (Phi) is 4.76. The number of rotatable bonds is 4. The molecule has 0 bridgehead atoms. The van der Waals surface area contributed by atoms with E-state index in [4.69, 9.17) is 10.9 Å². The van der Waals surface area contributed by atoms with Crippen molar-refractivity contribution in [3.05, 3.63) is 65.7 Å². The topological polar surface area (TPSA) is 99.7 Å². The van der Waals surface area contributed by atoms with E-state index in [1.807, 2.05) is 24.3 Å². The zero-order chi connectivity index (χ0) is 15.1. The van der Waals surface area contributed by atoms with Crippen molar-refractivity contribution in [3.63, 3.8) is 0 Å². The fourth-order valence-corrected chi connectivity index (χ4v) is 1.78. The van der Waals surface area contributed by atoms with Gasteiger partial charge in [-0.3, -0.25) is 0 Å². The smallest absolute Gasteiger partial charge is 0.319 e. The summed E-state index contributed by atoms with van der Waals surface area (Å²) < 4.78 is 0. The molecule has 2 amide bonds. The summed E-state index contributed by atoms with van der Waals surface area (Å²) in [4.78, 5) is 11.8. The van der Waals surface area contributed by atoms with Gasteiger partial charge in [-0.2, -0.15) is 0 Å². The van der Waals surface area contributed by atoms with E-state index >= 15 is 0 Å². The molecule has 2 aromatic rings. The van der Waals surface area contributed by atoms with Crippen molar-refractivity contribution in [3.8, 4) is 0 Å². The van der Waals surface area contributed by atoms with Gasteiger partial charge in [-0.15, -0.1) is 0 Å². The summed E-state index contributed by atoms with van der Waals surface area (Å²) in [6, 6.07) is 16.0. The predicted molar refractivity (Wildman–Crippen MR) is 81.3 cm³/mol. The number of nitrogens with zero attached hydrogens (tertiary/aromatic N) is 1. The zero-order valence-corrected chi connectivity index (χ0v) is 11.3. The summed E-state index contributed by atoms with van der Waals surface area (Å²) in [5, 5.41) is 17.1. The summed E-state index contributed by atoms with van der Waals surface area (Å²) in [7, 11) is 0. The first kappa shape index (κ1) is 14.4. The van der Waals surface area contributed by atoms with Gasteiger partial charge >= 0.3 is 6.03 Å². The van der Waals surface area contributed by atoms with Gasteiger partial charge in [-0.05, 0) is 23.8 Å². The molecule has 0 atom stereocenters. The number of hydrogen-bond donors (Lipinski definition) is 4. The number of hydrogen-bond acceptors (Lipinski definition) is 3. The third-order valence-electron chi connectivity index (χ3n) is 2.82. The lowest BCUT2D eigenvalue weighted by Gasteiger charge is -2.08. The number of carbonyl (C=O) groups is 1. The van der Waals surface area contributed by atoms with E-state index in [2.05, 4.69) is 15.8 Å². The molecule has 0 spiro atoms. The van der Waals surface area contributed by atoms with Gasteiger partial charge in [-0.1, -0.05) is 41.6 Å². The molecule has 0 unspecified atom stereocenters. The molecule has 2 rings (SSSR count). The van der Waals surface area contributed by atoms with E-state index < -0.39 is 0 Å². The molecule has 5 N–H and O–H groups in total. The Labute approximate surface area is 122 Å². The Morgan fingerprint density at radius 3 is 2.62 bits per heavy atom. The van der Waals surface area contributed by atoms with E-state index in [0.29, 0.717) is 12.1 Å². The highest BCUT2D eigenvalue weighted by atomic mass is 16.4. The molecule has 0 aromatic heterocycles. The average molecular weight is 284 g/mol. The fraction of sp³-hybridized carbons (Fsp3) is 0.0667. The van der Waals surface area contributed by atoms with Crippen molar-refractivity contribution in [1.29, 1.82) is 0 Å².